The first-order valence-electron chi connectivity index (χ1n) is 8.33. The highest BCUT2D eigenvalue weighted by atomic mass is 32.2. The van der Waals surface area contributed by atoms with Crippen LogP contribution in [0.3, 0.4) is 0 Å². The highest BCUT2D eigenvalue weighted by Gasteiger charge is 2.24. The number of nitrogens with one attached hydrogen (secondary N) is 1. The molecule has 0 amide bonds. The van der Waals surface area contributed by atoms with Gasteiger partial charge >= 0.3 is 0 Å². The van der Waals surface area contributed by atoms with Gasteiger partial charge in [-0.05, 0) is 42.7 Å². The van der Waals surface area contributed by atoms with Crippen molar-refractivity contribution in [1.29, 1.82) is 0 Å². The van der Waals surface area contributed by atoms with Crippen LogP contribution in [0.25, 0.3) is 11.3 Å². The van der Waals surface area contributed by atoms with Crippen LogP contribution in [-0.2, 0) is 23.0 Å². The molecule has 3 aromatic rings. The van der Waals surface area contributed by atoms with Gasteiger partial charge in [0.25, 0.3) is 0 Å². The molecule has 0 atom stereocenters. The summed E-state index contributed by atoms with van der Waals surface area (Å²) in [6.45, 7) is 1.14. The van der Waals surface area contributed by atoms with Crippen LogP contribution in [0.2, 0.25) is 0 Å². The summed E-state index contributed by atoms with van der Waals surface area (Å²) in [5.41, 5.74) is 3.73. The lowest BCUT2D eigenvalue weighted by atomic mass is 10.00. The fourth-order valence-corrected chi connectivity index (χ4v) is 4.84. The molecule has 26 heavy (non-hydrogen) atoms. The third kappa shape index (κ3) is 3.47. The van der Waals surface area contributed by atoms with Crippen LogP contribution in [0, 0.1) is 0 Å². The lowest BCUT2D eigenvalue weighted by molar-refractivity contribution is 0.518. The van der Waals surface area contributed by atoms with Crippen molar-refractivity contribution in [3.63, 3.8) is 0 Å². The molecule has 0 spiro atoms. The van der Waals surface area contributed by atoms with Gasteiger partial charge < -0.3 is 9.73 Å². The standard InChI is InChI=1S/C18H19N3O3S2/c1-26(22,23)21-8-2-4-14-10-13(6-7-17(14)21)16-12-25-18(20-16)19-11-15-5-3-9-24-15/h3,5-7,9-10,12H,2,4,8,11H2,1H3,(H,19,20). The van der Waals surface area contributed by atoms with Crippen LogP contribution in [-0.4, -0.2) is 26.2 Å². The number of aromatic nitrogens is 1. The van der Waals surface area contributed by atoms with Gasteiger partial charge in [0.15, 0.2) is 5.13 Å². The Hall–Kier alpha value is -2.32. The summed E-state index contributed by atoms with van der Waals surface area (Å²) >= 11 is 1.54. The molecule has 0 saturated heterocycles. The number of nitrogens with zero attached hydrogens (tertiary/aromatic N) is 2. The van der Waals surface area contributed by atoms with E-state index in [-0.39, 0.29) is 0 Å². The van der Waals surface area contributed by atoms with E-state index < -0.39 is 10.0 Å². The summed E-state index contributed by atoms with van der Waals surface area (Å²) in [5.74, 6) is 0.858. The number of aryl methyl sites for hydroxylation is 1. The molecule has 1 N–H and O–H groups in total. The van der Waals surface area contributed by atoms with Crippen molar-refractivity contribution in [2.45, 2.75) is 19.4 Å². The Bertz CT molecular complexity index is 1010. The maximum Gasteiger partial charge on any atom is 0.232 e. The molecule has 6 nitrogen and oxygen atoms in total. The molecular formula is C18H19N3O3S2. The number of hydrogen-bond donors (Lipinski definition) is 1. The molecule has 3 heterocycles. The second kappa shape index (κ2) is 6.77. The third-order valence-electron chi connectivity index (χ3n) is 4.35. The van der Waals surface area contributed by atoms with Gasteiger partial charge in [0, 0.05) is 17.5 Å². The summed E-state index contributed by atoms with van der Waals surface area (Å²) in [5, 5.41) is 6.08. The Labute approximate surface area is 156 Å². The van der Waals surface area contributed by atoms with Crippen molar-refractivity contribution in [3.05, 3.63) is 53.3 Å². The van der Waals surface area contributed by atoms with Crippen molar-refractivity contribution < 1.29 is 12.8 Å². The summed E-state index contributed by atoms with van der Waals surface area (Å²) in [6.07, 6.45) is 4.62. The van der Waals surface area contributed by atoms with Crippen molar-refractivity contribution in [3.8, 4) is 11.3 Å². The number of benzene rings is 1. The minimum atomic E-state index is -3.24. The number of fused-ring (bicyclic) bond motifs is 1. The number of anilines is 2. The van der Waals surface area contributed by atoms with Gasteiger partial charge in [-0.2, -0.15) is 0 Å². The van der Waals surface area contributed by atoms with E-state index in [9.17, 15) is 8.42 Å². The van der Waals surface area contributed by atoms with Gasteiger partial charge in [-0.15, -0.1) is 11.3 Å². The molecule has 4 rings (SSSR count). The van der Waals surface area contributed by atoms with E-state index >= 15 is 0 Å². The molecule has 0 unspecified atom stereocenters. The molecule has 1 aliphatic heterocycles. The SMILES string of the molecule is CS(=O)(=O)N1CCCc2cc(-c3csc(NCc4ccco4)n3)ccc21. The van der Waals surface area contributed by atoms with Crippen LogP contribution in [0.1, 0.15) is 17.7 Å². The molecule has 136 valence electrons. The molecule has 0 aliphatic carbocycles. The van der Waals surface area contributed by atoms with Crippen LogP contribution in [0.15, 0.2) is 46.4 Å². The largest absolute Gasteiger partial charge is 0.467 e. The van der Waals surface area contributed by atoms with Crippen molar-refractivity contribution in [1.82, 2.24) is 4.98 Å². The van der Waals surface area contributed by atoms with E-state index in [0.29, 0.717) is 13.1 Å². The molecule has 8 heteroatoms. The van der Waals surface area contributed by atoms with E-state index in [4.69, 9.17) is 4.42 Å². The molecule has 0 radical (unpaired) electrons. The van der Waals surface area contributed by atoms with Gasteiger partial charge in [-0.1, -0.05) is 6.07 Å². The fourth-order valence-electron chi connectivity index (χ4n) is 3.13. The molecule has 0 fully saturated rings. The highest BCUT2D eigenvalue weighted by molar-refractivity contribution is 7.92. The predicted molar refractivity (Wildman–Crippen MR) is 104 cm³/mol. The van der Waals surface area contributed by atoms with Crippen LogP contribution in [0.4, 0.5) is 10.8 Å². The second-order valence-electron chi connectivity index (χ2n) is 6.25. The average Bonchev–Trinajstić information content (AvgIpc) is 3.30. The summed E-state index contributed by atoms with van der Waals surface area (Å²) in [4.78, 5) is 4.63. The Morgan fingerprint density at radius 2 is 2.23 bits per heavy atom. The van der Waals surface area contributed by atoms with Crippen LogP contribution < -0.4 is 9.62 Å². The van der Waals surface area contributed by atoms with E-state index in [2.05, 4.69) is 16.4 Å². The minimum absolute atomic E-state index is 0.544. The predicted octanol–water partition coefficient (Wildman–Crippen LogP) is 3.73. The van der Waals surface area contributed by atoms with Gasteiger partial charge in [0.1, 0.15) is 5.76 Å². The van der Waals surface area contributed by atoms with E-state index in [1.807, 2.05) is 29.6 Å². The third-order valence-corrected chi connectivity index (χ3v) is 6.33. The molecule has 2 aromatic heterocycles. The lowest BCUT2D eigenvalue weighted by Crippen LogP contribution is -2.34. The fraction of sp³-hybridized carbons (Fsp3) is 0.278. The molecule has 1 aliphatic rings. The Balaban J connectivity index is 1.55. The quantitative estimate of drug-likeness (QED) is 0.720. The Morgan fingerprint density at radius 1 is 1.35 bits per heavy atom. The molecule has 1 aromatic carbocycles. The van der Waals surface area contributed by atoms with Crippen molar-refractivity contribution in [2.75, 3.05) is 22.4 Å². The first-order valence-corrected chi connectivity index (χ1v) is 11.1. The number of furan rings is 1. The van der Waals surface area contributed by atoms with Gasteiger partial charge in [0.05, 0.1) is 30.4 Å². The summed E-state index contributed by atoms with van der Waals surface area (Å²) < 4.78 is 30.8. The normalized spacial score (nSPS) is 14.3. The highest BCUT2D eigenvalue weighted by Crippen LogP contribution is 2.34. The molecule has 0 bridgehead atoms. The Kier molecular flexibility index (Phi) is 4.46. The number of rotatable bonds is 5. The average molecular weight is 390 g/mol. The smallest absolute Gasteiger partial charge is 0.232 e. The Morgan fingerprint density at radius 3 is 3.00 bits per heavy atom. The van der Waals surface area contributed by atoms with Gasteiger partial charge in [-0.25, -0.2) is 13.4 Å². The summed E-state index contributed by atoms with van der Waals surface area (Å²) in [7, 11) is -3.24. The monoisotopic (exact) mass is 389 g/mol. The maximum atomic E-state index is 12.0. The number of sulfonamides is 1. The van der Waals surface area contributed by atoms with Gasteiger partial charge in [0.2, 0.25) is 10.0 Å². The van der Waals surface area contributed by atoms with Crippen molar-refractivity contribution >= 4 is 32.2 Å². The zero-order valence-electron chi connectivity index (χ0n) is 14.3. The van der Waals surface area contributed by atoms with Crippen LogP contribution >= 0.6 is 11.3 Å². The minimum Gasteiger partial charge on any atom is -0.467 e. The van der Waals surface area contributed by atoms with E-state index in [0.717, 1.165) is 46.2 Å². The van der Waals surface area contributed by atoms with Crippen molar-refractivity contribution in [2.24, 2.45) is 0 Å². The molecule has 0 saturated carbocycles. The van der Waals surface area contributed by atoms with Crippen LogP contribution in [0.5, 0.6) is 0 Å². The zero-order valence-corrected chi connectivity index (χ0v) is 15.9. The summed E-state index contributed by atoms with van der Waals surface area (Å²) in [6, 6.07) is 9.65. The maximum absolute atomic E-state index is 12.0. The topological polar surface area (TPSA) is 75.4 Å². The first-order chi connectivity index (χ1) is 12.5. The second-order valence-corrected chi connectivity index (χ2v) is 9.02. The van der Waals surface area contributed by atoms with Gasteiger partial charge in [-0.3, -0.25) is 4.31 Å². The van der Waals surface area contributed by atoms with E-state index in [1.165, 1.54) is 21.9 Å². The number of thiazole rings is 1. The van der Waals surface area contributed by atoms with E-state index in [1.54, 1.807) is 6.26 Å². The molecular weight excluding hydrogens is 370 g/mol. The first kappa shape index (κ1) is 17.1. The number of hydrogen-bond acceptors (Lipinski definition) is 6. The zero-order chi connectivity index (χ0) is 18.1. The lowest BCUT2D eigenvalue weighted by Gasteiger charge is -2.29.